The van der Waals surface area contributed by atoms with Gasteiger partial charge < -0.3 is 9.47 Å². The first-order chi connectivity index (χ1) is 7.61. The standard InChI is InChI=1S/C12H18O4/c1-4-15-11(13)9-7-6-8-10(3)12(14)16-5-2/h7,9H,3-6,8H2,1-2H3. The van der Waals surface area contributed by atoms with Gasteiger partial charge in [-0.15, -0.1) is 0 Å². The molecule has 0 N–H and O–H groups in total. The van der Waals surface area contributed by atoms with Crippen molar-refractivity contribution in [1.29, 1.82) is 0 Å². The van der Waals surface area contributed by atoms with Gasteiger partial charge in [-0.3, -0.25) is 0 Å². The maximum atomic E-state index is 11.1. The van der Waals surface area contributed by atoms with Crippen molar-refractivity contribution in [2.45, 2.75) is 26.7 Å². The lowest BCUT2D eigenvalue weighted by molar-refractivity contribution is -0.139. The molecule has 0 bridgehead atoms. The van der Waals surface area contributed by atoms with Crippen LogP contribution in [0.4, 0.5) is 0 Å². The summed E-state index contributed by atoms with van der Waals surface area (Å²) in [5, 5.41) is 0. The largest absolute Gasteiger partial charge is 0.463 e. The van der Waals surface area contributed by atoms with E-state index in [-0.39, 0.29) is 11.9 Å². The summed E-state index contributed by atoms with van der Waals surface area (Å²) in [5.74, 6) is -0.753. The Labute approximate surface area is 95.9 Å². The van der Waals surface area contributed by atoms with Crippen molar-refractivity contribution in [3.05, 3.63) is 24.3 Å². The zero-order valence-corrected chi connectivity index (χ0v) is 9.82. The van der Waals surface area contributed by atoms with E-state index in [0.29, 0.717) is 31.6 Å². The molecule has 0 aromatic rings. The molecule has 0 amide bonds. The van der Waals surface area contributed by atoms with E-state index in [9.17, 15) is 9.59 Å². The molecule has 0 aliphatic carbocycles. The number of carbonyl (C=O) groups excluding carboxylic acids is 2. The van der Waals surface area contributed by atoms with Crippen LogP contribution in [-0.4, -0.2) is 25.2 Å². The quantitative estimate of drug-likeness (QED) is 0.492. The number of hydrogen-bond donors (Lipinski definition) is 0. The van der Waals surface area contributed by atoms with Crippen molar-refractivity contribution in [3.8, 4) is 0 Å². The fourth-order valence-electron chi connectivity index (χ4n) is 0.963. The fraction of sp³-hybridized carbons (Fsp3) is 0.500. The zero-order valence-electron chi connectivity index (χ0n) is 9.82. The van der Waals surface area contributed by atoms with Crippen LogP contribution in [0.15, 0.2) is 24.3 Å². The molecule has 0 atom stereocenters. The van der Waals surface area contributed by atoms with E-state index >= 15 is 0 Å². The Hall–Kier alpha value is -1.58. The number of carbonyl (C=O) groups is 2. The second-order valence-electron chi connectivity index (χ2n) is 3.02. The summed E-state index contributed by atoms with van der Waals surface area (Å²) in [6, 6.07) is 0. The van der Waals surface area contributed by atoms with E-state index in [1.165, 1.54) is 6.08 Å². The van der Waals surface area contributed by atoms with Crippen LogP contribution >= 0.6 is 0 Å². The van der Waals surface area contributed by atoms with Gasteiger partial charge in [0.25, 0.3) is 0 Å². The second kappa shape index (κ2) is 8.71. The van der Waals surface area contributed by atoms with Crippen LogP contribution in [-0.2, 0) is 19.1 Å². The minimum atomic E-state index is -0.382. The van der Waals surface area contributed by atoms with Gasteiger partial charge in [-0.05, 0) is 26.7 Å². The van der Waals surface area contributed by atoms with Crippen LogP contribution < -0.4 is 0 Å². The molecule has 0 radical (unpaired) electrons. The first kappa shape index (κ1) is 14.4. The number of ether oxygens (including phenoxy) is 2. The number of hydrogen-bond acceptors (Lipinski definition) is 4. The Kier molecular flexibility index (Phi) is 7.85. The van der Waals surface area contributed by atoms with E-state index in [1.807, 2.05) is 0 Å². The molecule has 0 aliphatic rings. The van der Waals surface area contributed by atoms with Crippen molar-refractivity contribution < 1.29 is 19.1 Å². The molecular formula is C12H18O4. The van der Waals surface area contributed by atoms with Gasteiger partial charge in [0.1, 0.15) is 0 Å². The summed E-state index contributed by atoms with van der Waals surface area (Å²) in [6.07, 6.45) is 4.05. The highest BCUT2D eigenvalue weighted by Gasteiger charge is 2.05. The van der Waals surface area contributed by atoms with Gasteiger partial charge in [-0.25, -0.2) is 9.59 Å². The molecule has 0 aromatic heterocycles. The third-order valence-corrected chi connectivity index (χ3v) is 1.72. The molecular weight excluding hydrogens is 208 g/mol. The molecule has 0 fully saturated rings. The molecule has 4 heteroatoms. The Morgan fingerprint density at radius 2 is 1.81 bits per heavy atom. The normalized spacial score (nSPS) is 10.1. The summed E-state index contributed by atoms with van der Waals surface area (Å²) < 4.78 is 9.46. The summed E-state index contributed by atoms with van der Waals surface area (Å²) in [5.41, 5.74) is 0.412. The lowest BCUT2D eigenvalue weighted by Gasteiger charge is -2.02. The van der Waals surface area contributed by atoms with Crippen molar-refractivity contribution >= 4 is 11.9 Å². The van der Waals surface area contributed by atoms with Crippen LogP contribution in [0, 0.1) is 0 Å². The minimum absolute atomic E-state index is 0.344. The van der Waals surface area contributed by atoms with Gasteiger partial charge in [-0.1, -0.05) is 12.7 Å². The second-order valence-corrected chi connectivity index (χ2v) is 3.02. The smallest absolute Gasteiger partial charge is 0.333 e. The molecule has 16 heavy (non-hydrogen) atoms. The van der Waals surface area contributed by atoms with Crippen molar-refractivity contribution in [2.24, 2.45) is 0 Å². The minimum Gasteiger partial charge on any atom is -0.463 e. The molecule has 0 rings (SSSR count). The molecule has 0 saturated carbocycles. The highest BCUT2D eigenvalue weighted by atomic mass is 16.5. The van der Waals surface area contributed by atoms with E-state index in [4.69, 9.17) is 9.47 Å². The maximum absolute atomic E-state index is 11.1. The predicted octanol–water partition coefficient (Wildman–Crippen LogP) is 2.01. The van der Waals surface area contributed by atoms with Gasteiger partial charge in [-0.2, -0.15) is 0 Å². The van der Waals surface area contributed by atoms with E-state index < -0.39 is 0 Å². The molecule has 0 spiro atoms. The van der Waals surface area contributed by atoms with Crippen LogP contribution in [0.5, 0.6) is 0 Å². The number of rotatable bonds is 7. The summed E-state index contributed by atoms with van der Waals surface area (Å²) in [7, 11) is 0. The average Bonchev–Trinajstić information content (AvgIpc) is 2.24. The van der Waals surface area contributed by atoms with E-state index in [0.717, 1.165) is 0 Å². The molecule has 0 unspecified atom stereocenters. The lowest BCUT2D eigenvalue weighted by Crippen LogP contribution is -2.06. The van der Waals surface area contributed by atoms with E-state index in [2.05, 4.69) is 6.58 Å². The van der Waals surface area contributed by atoms with Crippen LogP contribution in [0.1, 0.15) is 26.7 Å². The number of esters is 2. The van der Waals surface area contributed by atoms with E-state index in [1.54, 1.807) is 19.9 Å². The monoisotopic (exact) mass is 226 g/mol. The first-order valence-electron chi connectivity index (χ1n) is 5.30. The summed E-state index contributed by atoms with van der Waals surface area (Å²) >= 11 is 0. The molecule has 90 valence electrons. The van der Waals surface area contributed by atoms with Crippen molar-refractivity contribution in [2.75, 3.05) is 13.2 Å². The third-order valence-electron chi connectivity index (χ3n) is 1.72. The van der Waals surface area contributed by atoms with Gasteiger partial charge in [0, 0.05) is 11.6 Å². The van der Waals surface area contributed by atoms with Crippen LogP contribution in [0.25, 0.3) is 0 Å². The zero-order chi connectivity index (χ0) is 12.4. The maximum Gasteiger partial charge on any atom is 0.333 e. The Balaban J connectivity index is 3.77. The number of allylic oxidation sites excluding steroid dienone is 1. The highest BCUT2D eigenvalue weighted by Crippen LogP contribution is 2.05. The van der Waals surface area contributed by atoms with Gasteiger partial charge in [0.05, 0.1) is 13.2 Å². The predicted molar refractivity (Wildman–Crippen MR) is 60.8 cm³/mol. The van der Waals surface area contributed by atoms with Crippen LogP contribution in [0.3, 0.4) is 0 Å². The van der Waals surface area contributed by atoms with Crippen LogP contribution in [0.2, 0.25) is 0 Å². The Morgan fingerprint density at radius 1 is 1.19 bits per heavy atom. The highest BCUT2D eigenvalue weighted by molar-refractivity contribution is 5.87. The van der Waals surface area contributed by atoms with Gasteiger partial charge in [0.2, 0.25) is 0 Å². The molecule has 0 heterocycles. The SMILES string of the molecule is C=C(CCC=CC(=O)OCC)C(=O)OCC. The van der Waals surface area contributed by atoms with Gasteiger partial charge >= 0.3 is 11.9 Å². The third kappa shape index (κ3) is 6.81. The Morgan fingerprint density at radius 3 is 2.38 bits per heavy atom. The van der Waals surface area contributed by atoms with Crippen molar-refractivity contribution in [1.82, 2.24) is 0 Å². The molecule has 0 aliphatic heterocycles. The topological polar surface area (TPSA) is 52.6 Å². The fourth-order valence-corrected chi connectivity index (χ4v) is 0.963. The summed E-state index contributed by atoms with van der Waals surface area (Å²) in [6.45, 7) is 7.79. The summed E-state index contributed by atoms with van der Waals surface area (Å²) in [4.78, 5) is 22.0. The molecule has 0 saturated heterocycles. The Bertz CT molecular complexity index is 279. The first-order valence-corrected chi connectivity index (χ1v) is 5.30. The molecule has 4 nitrogen and oxygen atoms in total. The average molecular weight is 226 g/mol. The lowest BCUT2D eigenvalue weighted by atomic mass is 10.1. The van der Waals surface area contributed by atoms with Gasteiger partial charge in [0.15, 0.2) is 0 Å². The molecule has 0 aromatic carbocycles. The van der Waals surface area contributed by atoms with Crippen molar-refractivity contribution in [3.63, 3.8) is 0 Å².